The molecule has 1 fully saturated rings. The number of hydrogen-bond donors (Lipinski definition) is 1. The summed E-state index contributed by atoms with van der Waals surface area (Å²) in [6.45, 7) is 4.19. The second-order valence-corrected chi connectivity index (χ2v) is 6.18. The van der Waals surface area contributed by atoms with E-state index in [0.717, 1.165) is 26.2 Å². The fraction of sp³-hybridized carbons (Fsp3) is 0.583. The Morgan fingerprint density at radius 1 is 1.47 bits per heavy atom. The van der Waals surface area contributed by atoms with Crippen molar-refractivity contribution in [1.82, 2.24) is 24.9 Å². The summed E-state index contributed by atoms with van der Waals surface area (Å²) >= 11 is 1.59. The molecule has 0 saturated carbocycles. The Morgan fingerprint density at radius 2 is 2.42 bits per heavy atom. The molecule has 2 aromatic rings. The second-order valence-electron chi connectivity index (χ2n) is 5.03. The molecule has 2 aromatic heterocycles. The summed E-state index contributed by atoms with van der Waals surface area (Å²) in [5, 5.41) is 8.56. The van der Waals surface area contributed by atoms with Gasteiger partial charge in [-0.2, -0.15) is 0 Å². The van der Waals surface area contributed by atoms with E-state index in [4.69, 9.17) is 5.73 Å². The molecule has 2 N–H and O–H groups in total. The Balaban J connectivity index is 1.55. The molecule has 0 aromatic carbocycles. The fourth-order valence-corrected chi connectivity index (χ4v) is 3.38. The third kappa shape index (κ3) is 3.30. The van der Waals surface area contributed by atoms with Gasteiger partial charge in [0.1, 0.15) is 0 Å². The van der Waals surface area contributed by atoms with Crippen LogP contribution in [0.25, 0.3) is 0 Å². The first-order valence-corrected chi connectivity index (χ1v) is 7.38. The monoisotopic (exact) mass is 278 g/mol. The number of aromatic nitrogens is 4. The van der Waals surface area contributed by atoms with Crippen LogP contribution in [0.1, 0.15) is 17.7 Å². The van der Waals surface area contributed by atoms with Crippen molar-refractivity contribution in [3.8, 4) is 0 Å². The summed E-state index contributed by atoms with van der Waals surface area (Å²) in [6.07, 6.45) is 8.07. The number of likely N-dealkylation sites (tertiary alicyclic amines) is 1. The van der Waals surface area contributed by atoms with Crippen LogP contribution in [0, 0.1) is 5.92 Å². The predicted molar refractivity (Wildman–Crippen MR) is 74.5 cm³/mol. The zero-order valence-corrected chi connectivity index (χ0v) is 11.6. The second kappa shape index (κ2) is 5.66. The number of nitrogen functional groups attached to an aromatic ring is 1. The standard InChI is InChI=1S/C12H18N6S/c13-12-14-6-11(19-12)9-17-4-1-2-10(7-17)8-18-5-3-15-16-18/h3,5-6,10H,1-2,4,7-9H2,(H2,13,14). The van der Waals surface area contributed by atoms with E-state index in [9.17, 15) is 0 Å². The first kappa shape index (κ1) is 12.6. The molecular weight excluding hydrogens is 260 g/mol. The lowest BCUT2D eigenvalue weighted by Crippen LogP contribution is -2.36. The van der Waals surface area contributed by atoms with Gasteiger partial charge in [-0.3, -0.25) is 9.58 Å². The number of thiazole rings is 1. The predicted octanol–water partition coefficient (Wildman–Crippen LogP) is 1.23. The van der Waals surface area contributed by atoms with Crippen molar-refractivity contribution in [2.45, 2.75) is 25.9 Å². The lowest BCUT2D eigenvalue weighted by atomic mass is 9.98. The van der Waals surface area contributed by atoms with Crippen LogP contribution in [0.5, 0.6) is 0 Å². The van der Waals surface area contributed by atoms with Gasteiger partial charge in [0.2, 0.25) is 0 Å². The van der Waals surface area contributed by atoms with Gasteiger partial charge in [0.25, 0.3) is 0 Å². The van der Waals surface area contributed by atoms with Crippen LogP contribution in [-0.4, -0.2) is 38.0 Å². The molecule has 1 unspecified atom stereocenters. The van der Waals surface area contributed by atoms with Crippen LogP contribution in [0.3, 0.4) is 0 Å². The van der Waals surface area contributed by atoms with Gasteiger partial charge in [-0.05, 0) is 25.3 Å². The van der Waals surface area contributed by atoms with Crippen molar-refractivity contribution in [2.24, 2.45) is 5.92 Å². The fourth-order valence-electron chi connectivity index (χ4n) is 2.65. The maximum absolute atomic E-state index is 5.67. The number of nitrogens with two attached hydrogens (primary N) is 1. The first-order valence-electron chi connectivity index (χ1n) is 6.56. The summed E-state index contributed by atoms with van der Waals surface area (Å²) < 4.78 is 1.93. The minimum absolute atomic E-state index is 0.653. The number of hydrogen-bond acceptors (Lipinski definition) is 6. The highest BCUT2D eigenvalue weighted by Gasteiger charge is 2.21. The molecule has 0 bridgehead atoms. The van der Waals surface area contributed by atoms with Gasteiger partial charge in [-0.15, -0.1) is 16.4 Å². The van der Waals surface area contributed by atoms with E-state index in [1.165, 1.54) is 17.7 Å². The first-order chi connectivity index (χ1) is 9.29. The van der Waals surface area contributed by atoms with Crippen LogP contribution < -0.4 is 5.73 Å². The van der Waals surface area contributed by atoms with E-state index in [0.29, 0.717) is 11.0 Å². The molecule has 0 spiro atoms. The zero-order chi connectivity index (χ0) is 13.1. The third-order valence-electron chi connectivity index (χ3n) is 3.47. The summed E-state index contributed by atoms with van der Waals surface area (Å²) in [7, 11) is 0. The Kier molecular flexibility index (Phi) is 3.74. The van der Waals surface area contributed by atoms with Crippen molar-refractivity contribution >= 4 is 16.5 Å². The van der Waals surface area contributed by atoms with Crippen molar-refractivity contribution < 1.29 is 0 Å². The molecule has 0 radical (unpaired) electrons. The molecule has 6 nitrogen and oxygen atoms in total. The molecule has 1 atom stereocenters. The lowest BCUT2D eigenvalue weighted by molar-refractivity contribution is 0.154. The number of piperidine rings is 1. The van der Waals surface area contributed by atoms with Crippen molar-refractivity contribution in [1.29, 1.82) is 0 Å². The highest BCUT2D eigenvalue weighted by Crippen LogP contribution is 2.22. The average molecular weight is 278 g/mol. The summed E-state index contributed by atoms with van der Waals surface area (Å²) in [5.74, 6) is 0.653. The van der Waals surface area contributed by atoms with Gasteiger partial charge in [0.05, 0.1) is 6.20 Å². The highest BCUT2D eigenvalue weighted by atomic mass is 32.1. The maximum atomic E-state index is 5.67. The van der Waals surface area contributed by atoms with E-state index in [2.05, 4.69) is 20.2 Å². The Labute approximate surface area is 116 Å². The van der Waals surface area contributed by atoms with Gasteiger partial charge in [0.15, 0.2) is 5.13 Å². The molecule has 19 heavy (non-hydrogen) atoms. The van der Waals surface area contributed by atoms with Crippen LogP contribution >= 0.6 is 11.3 Å². The molecule has 102 valence electrons. The van der Waals surface area contributed by atoms with Crippen molar-refractivity contribution in [2.75, 3.05) is 18.8 Å². The largest absolute Gasteiger partial charge is 0.375 e. The van der Waals surface area contributed by atoms with Crippen LogP contribution in [-0.2, 0) is 13.1 Å². The summed E-state index contributed by atoms with van der Waals surface area (Å²) in [4.78, 5) is 7.84. The molecular formula is C12H18N6S. The van der Waals surface area contributed by atoms with E-state index < -0.39 is 0 Å². The molecule has 3 rings (SSSR count). The minimum Gasteiger partial charge on any atom is -0.375 e. The Bertz CT molecular complexity index is 508. The van der Waals surface area contributed by atoms with Crippen LogP contribution in [0.2, 0.25) is 0 Å². The SMILES string of the molecule is Nc1ncc(CN2CCCC(Cn3ccnn3)C2)s1. The van der Waals surface area contributed by atoms with E-state index in [-0.39, 0.29) is 0 Å². The Morgan fingerprint density at radius 3 is 3.16 bits per heavy atom. The molecule has 1 aliphatic rings. The molecule has 0 aliphatic carbocycles. The number of anilines is 1. The van der Waals surface area contributed by atoms with Crippen LogP contribution in [0.15, 0.2) is 18.6 Å². The summed E-state index contributed by atoms with van der Waals surface area (Å²) in [5.41, 5.74) is 5.67. The number of rotatable bonds is 4. The van der Waals surface area contributed by atoms with E-state index in [1.807, 2.05) is 17.1 Å². The van der Waals surface area contributed by atoms with Crippen molar-refractivity contribution in [3.05, 3.63) is 23.5 Å². The number of nitrogens with zero attached hydrogens (tertiary/aromatic N) is 5. The van der Waals surface area contributed by atoms with Gasteiger partial charge < -0.3 is 5.73 Å². The maximum Gasteiger partial charge on any atom is 0.180 e. The van der Waals surface area contributed by atoms with Crippen LogP contribution in [0.4, 0.5) is 5.13 Å². The van der Waals surface area contributed by atoms with Gasteiger partial charge in [-0.1, -0.05) is 5.21 Å². The topological polar surface area (TPSA) is 72.9 Å². The molecule has 1 saturated heterocycles. The van der Waals surface area contributed by atoms with Crippen molar-refractivity contribution in [3.63, 3.8) is 0 Å². The quantitative estimate of drug-likeness (QED) is 0.910. The molecule has 1 aliphatic heterocycles. The molecule has 7 heteroatoms. The Hall–Kier alpha value is -1.47. The van der Waals surface area contributed by atoms with Gasteiger partial charge in [0, 0.05) is 36.9 Å². The summed E-state index contributed by atoms with van der Waals surface area (Å²) in [6, 6.07) is 0. The third-order valence-corrected chi connectivity index (χ3v) is 4.28. The van der Waals surface area contributed by atoms with E-state index in [1.54, 1.807) is 17.5 Å². The molecule has 0 amide bonds. The van der Waals surface area contributed by atoms with E-state index >= 15 is 0 Å². The lowest BCUT2D eigenvalue weighted by Gasteiger charge is -2.32. The minimum atomic E-state index is 0.653. The highest BCUT2D eigenvalue weighted by molar-refractivity contribution is 7.15. The normalized spacial score (nSPS) is 20.7. The van der Waals surface area contributed by atoms with Gasteiger partial charge in [-0.25, -0.2) is 4.98 Å². The smallest absolute Gasteiger partial charge is 0.180 e. The molecule has 3 heterocycles. The zero-order valence-electron chi connectivity index (χ0n) is 10.8. The average Bonchev–Trinajstić information content (AvgIpc) is 3.02. The van der Waals surface area contributed by atoms with Gasteiger partial charge >= 0.3 is 0 Å².